The van der Waals surface area contributed by atoms with Gasteiger partial charge in [0.2, 0.25) is 0 Å². The van der Waals surface area contributed by atoms with Crippen molar-refractivity contribution in [1.29, 1.82) is 0 Å². The molecule has 1 aromatic rings. The summed E-state index contributed by atoms with van der Waals surface area (Å²) < 4.78 is 2.20. The van der Waals surface area contributed by atoms with E-state index in [0.29, 0.717) is 17.5 Å². The Bertz CT molecular complexity index is 478. The van der Waals surface area contributed by atoms with E-state index in [-0.39, 0.29) is 0 Å². The zero-order valence-corrected chi connectivity index (χ0v) is 11.4. The summed E-state index contributed by atoms with van der Waals surface area (Å²) in [6, 6.07) is 0. The molecule has 1 fully saturated rings. The van der Waals surface area contributed by atoms with Crippen molar-refractivity contribution in [2.45, 2.75) is 44.6 Å². The van der Waals surface area contributed by atoms with Crippen LogP contribution in [0, 0.1) is 0 Å². The van der Waals surface area contributed by atoms with Gasteiger partial charge in [-0.2, -0.15) is 11.8 Å². The lowest BCUT2D eigenvalue weighted by molar-refractivity contribution is 0.0688. The van der Waals surface area contributed by atoms with Crippen LogP contribution in [0.25, 0.3) is 0 Å². The van der Waals surface area contributed by atoms with Crippen LogP contribution < -0.4 is 0 Å². The molecule has 2 aliphatic rings. The third-order valence-electron chi connectivity index (χ3n) is 4.02. The Morgan fingerprint density at radius 1 is 1.50 bits per heavy atom. The van der Waals surface area contributed by atoms with E-state index in [1.165, 1.54) is 5.75 Å². The van der Waals surface area contributed by atoms with Crippen molar-refractivity contribution >= 4 is 17.7 Å². The molecule has 2 atom stereocenters. The molecule has 5 heteroatoms. The Kier molecular flexibility index (Phi) is 3.09. The first-order chi connectivity index (χ1) is 8.68. The average Bonchev–Trinajstić information content (AvgIpc) is 2.95. The molecule has 4 nitrogen and oxygen atoms in total. The van der Waals surface area contributed by atoms with Crippen molar-refractivity contribution in [2.24, 2.45) is 0 Å². The number of thioether (sulfide) groups is 1. The van der Waals surface area contributed by atoms with Gasteiger partial charge in [-0.1, -0.05) is 6.92 Å². The van der Waals surface area contributed by atoms with Gasteiger partial charge < -0.3 is 9.67 Å². The van der Waals surface area contributed by atoms with Gasteiger partial charge in [-0.05, 0) is 30.9 Å². The predicted molar refractivity (Wildman–Crippen MR) is 71.5 cm³/mol. The summed E-state index contributed by atoms with van der Waals surface area (Å²) in [5.74, 6) is 3.19. The summed E-state index contributed by atoms with van der Waals surface area (Å²) in [4.78, 5) is 15.8. The minimum Gasteiger partial charge on any atom is -0.476 e. The van der Waals surface area contributed by atoms with Gasteiger partial charge in [0.05, 0.1) is 5.69 Å². The zero-order chi connectivity index (χ0) is 12.7. The largest absolute Gasteiger partial charge is 0.476 e. The van der Waals surface area contributed by atoms with E-state index in [1.54, 1.807) is 0 Å². The molecule has 1 aromatic heterocycles. The van der Waals surface area contributed by atoms with Gasteiger partial charge in [0.1, 0.15) is 5.82 Å². The van der Waals surface area contributed by atoms with Crippen molar-refractivity contribution < 1.29 is 9.90 Å². The van der Waals surface area contributed by atoms with Gasteiger partial charge >= 0.3 is 5.97 Å². The minimum absolute atomic E-state index is 0.300. The highest BCUT2D eigenvalue weighted by molar-refractivity contribution is 7.99. The maximum Gasteiger partial charge on any atom is 0.356 e. The number of aromatic carboxylic acids is 1. The second-order valence-corrected chi connectivity index (χ2v) is 6.41. The van der Waals surface area contributed by atoms with Crippen molar-refractivity contribution in [1.82, 2.24) is 9.55 Å². The van der Waals surface area contributed by atoms with E-state index in [2.05, 4.69) is 16.5 Å². The first-order valence-electron chi connectivity index (χ1n) is 6.60. The van der Waals surface area contributed by atoms with Gasteiger partial charge in [0.15, 0.2) is 5.69 Å². The lowest BCUT2D eigenvalue weighted by Crippen LogP contribution is -2.18. The van der Waals surface area contributed by atoms with Crippen LogP contribution in [-0.4, -0.2) is 32.1 Å². The number of fused-ring (bicyclic) bond motifs is 1. The number of rotatable bonds is 2. The number of imidazole rings is 1. The second-order valence-electron chi connectivity index (χ2n) is 5.26. The molecule has 0 spiro atoms. The lowest BCUT2D eigenvalue weighted by Gasteiger charge is -2.24. The van der Waals surface area contributed by atoms with Crippen LogP contribution in [0.1, 0.15) is 60.0 Å². The minimum atomic E-state index is -0.871. The van der Waals surface area contributed by atoms with Crippen LogP contribution in [0.4, 0.5) is 0 Å². The van der Waals surface area contributed by atoms with Crippen LogP contribution in [-0.2, 0) is 6.54 Å². The predicted octanol–water partition coefficient (Wildman–Crippen LogP) is 2.70. The smallest absolute Gasteiger partial charge is 0.356 e. The van der Waals surface area contributed by atoms with E-state index >= 15 is 0 Å². The first-order valence-corrected chi connectivity index (χ1v) is 7.75. The lowest BCUT2D eigenvalue weighted by atomic mass is 9.96. The third-order valence-corrected chi connectivity index (χ3v) is 5.18. The highest BCUT2D eigenvalue weighted by Gasteiger charge is 2.32. The van der Waals surface area contributed by atoms with Gasteiger partial charge in [-0.15, -0.1) is 0 Å². The molecule has 0 bridgehead atoms. The van der Waals surface area contributed by atoms with E-state index in [9.17, 15) is 9.90 Å². The van der Waals surface area contributed by atoms with Crippen molar-refractivity contribution in [3.8, 4) is 0 Å². The van der Waals surface area contributed by atoms with Gasteiger partial charge in [-0.3, -0.25) is 0 Å². The van der Waals surface area contributed by atoms with Gasteiger partial charge in [0.25, 0.3) is 0 Å². The van der Waals surface area contributed by atoms with Crippen molar-refractivity contribution in [3.05, 3.63) is 17.2 Å². The first kappa shape index (κ1) is 12.1. The fourth-order valence-corrected chi connectivity index (χ4v) is 4.34. The Morgan fingerprint density at radius 3 is 3.00 bits per heavy atom. The summed E-state index contributed by atoms with van der Waals surface area (Å²) in [7, 11) is 0. The summed E-state index contributed by atoms with van der Waals surface area (Å²) in [6.07, 6.45) is 3.34. The summed E-state index contributed by atoms with van der Waals surface area (Å²) in [5.41, 5.74) is 1.26. The molecule has 0 radical (unpaired) electrons. The van der Waals surface area contributed by atoms with Crippen molar-refractivity contribution in [3.63, 3.8) is 0 Å². The number of aromatic nitrogens is 2. The summed E-state index contributed by atoms with van der Waals surface area (Å²) in [5, 5.41) is 9.33. The Hall–Kier alpha value is -0.970. The van der Waals surface area contributed by atoms with E-state index in [1.807, 2.05) is 11.8 Å². The van der Waals surface area contributed by atoms with Crippen LogP contribution >= 0.6 is 11.8 Å². The molecular weight excluding hydrogens is 248 g/mol. The molecule has 0 saturated carbocycles. The maximum absolute atomic E-state index is 11.4. The van der Waals surface area contributed by atoms with Crippen molar-refractivity contribution in [2.75, 3.05) is 11.5 Å². The molecule has 18 heavy (non-hydrogen) atoms. The number of nitrogens with zero attached hydrogens (tertiary/aromatic N) is 2. The van der Waals surface area contributed by atoms with Gasteiger partial charge in [-0.25, -0.2) is 9.78 Å². The SMILES string of the molecule is CC1CCCn2c(C3CCSC3)nc(C(=O)O)c21. The molecule has 0 aliphatic carbocycles. The fourth-order valence-electron chi connectivity index (χ4n) is 3.12. The average molecular weight is 266 g/mol. The molecule has 2 unspecified atom stereocenters. The number of hydrogen-bond acceptors (Lipinski definition) is 3. The second kappa shape index (κ2) is 4.61. The highest BCUT2D eigenvalue weighted by atomic mass is 32.2. The molecule has 98 valence electrons. The molecular formula is C13H18N2O2S. The fraction of sp³-hybridized carbons (Fsp3) is 0.692. The van der Waals surface area contributed by atoms with Gasteiger partial charge in [0, 0.05) is 18.2 Å². The topological polar surface area (TPSA) is 55.1 Å². The molecule has 1 saturated heterocycles. The Balaban J connectivity index is 2.09. The molecule has 3 heterocycles. The third kappa shape index (κ3) is 1.85. The van der Waals surface area contributed by atoms with Crippen LogP contribution in [0.5, 0.6) is 0 Å². The zero-order valence-electron chi connectivity index (χ0n) is 10.6. The quantitative estimate of drug-likeness (QED) is 0.894. The molecule has 2 aliphatic heterocycles. The maximum atomic E-state index is 11.4. The summed E-state index contributed by atoms with van der Waals surface area (Å²) in [6.45, 7) is 3.06. The number of carboxylic acid groups (broad SMARTS) is 1. The molecule has 0 aromatic carbocycles. The number of carbonyl (C=O) groups is 1. The Morgan fingerprint density at radius 2 is 2.33 bits per heavy atom. The summed E-state index contributed by atoms with van der Waals surface area (Å²) >= 11 is 1.95. The normalized spacial score (nSPS) is 27.2. The van der Waals surface area contributed by atoms with E-state index < -0.39 is 5.97 Å². The van der Waals surface area contributed by atoms with E-state index in [0.717, 1.165) is 43.1 Å². The monoisotopic (exact) mass is 266 g/mol. The van der Waals surface area contributed by atoms with Crippen LogP contribution in [0.15, 0.2) is 0 Å². The Labute approximate surface area is 111 Å². The molecule has 0 amide bonds. The number of hydrogen-bond donors (Lipinski definition) is 1. The van der Waals surface area contributed by atoms with E-state index in [4.69, 9.17) is 0 Å². The highest BCUT2D eigenvalue weighted by Crippen LogP contribution is 2.37. The van der Waals surface area contributed by atoms with Crippen LogP contribution in [0.2, 0.25) is 0 Å². The number of carboxylic acids is 1. The molecule has 1 N–H and O–H groups in total. The standard InChI is InChI=1S/C13H18N2O2S/c1-8-3-2-5-15-11(8)10(13(16)17)14-12(15)9-4-6-18-7-9/h8-9H,2-7H2,1H3,(H,16,17). The molecule has 3 rings (SSSR count). The van der Waals surface area contributed by atoms with Crippen LogP contribution in [0.3, 0.4) is 0 Å².